The number of nitrogens with one attached hydrogen (secondary N) is 1. The Kier molecular flexibility index (Phi) is 4.39. The third-order valence-electron chi connectivity index (χ3n) is 2.31. The lowest BCUT2D eigenvalue weighted by Crippen LogP contribution is -2.07. The van der Waals surface area contributed by atoms with Crippen molar-refractivity contribution in [3.05, 3.63) is 42.2 Å². The monoisotopic (exact) mass is 257 g/mol. The van der Waals surface area contributed by atoms with E-state index in [0.717, 1.165) is 5.69 Å². The van der Waals surface area contributed by atoms with Crippen molar-refractivity contribution in [1.29, 1.82) is 0 Å². The number of ether oxygens (including phenoxy) is 1. The zero-order valence-electron chi connectivity index (χ0n) is 10.9. The fourth-order valence-electron chi connectivity index (χ4n) is 1.37. The van der Waals surface area contributed by atoms with Crippen molar-refractivity contribution < 1.29 is 4.74 Å². The van der Waals surface area contributed by atoms with Crippen LogP contribution in [0.25, 0.3) is 0 Å². The third-order valence-corrected chi connectivity index (χ3v) is 2.31. The van der Waals surface area contributed by atoms with Crippen molar-refractivity contribution >= 4 is 11.4 Å². The molecule has 0 fully saturated rings. The maximum absolute atomic E-state index is 5.20. The molecular formula is C13H15N5O. The molecule has 0 spiro atoms. The van der Waals surface area contributed by atoms with Gasteiger partial charge in [0, 0.05) is 0 Å². The van der Waals surface area contributed by atoms with Gasteiger partial charge in [0.1, 0.15) is 5.69 Å². The van der Waals surface area contributed by atoms with Crippen molar-refractivity contribution in [3.8, 4) is 6.01 Å². The van der Waals surface area contributed by atoms with E-state index >= 15 is 0 Å². The lowest BCUT2D eigenvalue weighted by atomic mass is 10.3. The summed E-state index contributed by atoms with van der Waals surface area (Å²) in [4.78, 5) is 4.21. The Morgan fingerprint density at radius 2 is 2.11 bits per heavy atom. The van der Waals surface area contributed by atoms with E-state index in [0.29, 0.717) is 18.0 Å². The van der Waals surface area contributed by atoms with Crippen LogP contribution in [0, 0.1) is 0 Å². The van der Waals surface area contributed by atoms with Gasteiger partial charge < -0.3 is 4.74 Å². The Morgan fingerprint density at radius 1 is 1.32 bits per heavy atom. The first kappa shape index (κ1) is 12.9. The van der Waals surface area contributed by atoms with E-state index in [2.05, 4.69) is 25.7 Å². The zero-order chi connectivity index (χ0) is 13.5. The highest BCUT2D eigenvalue weighted by molar-refractivity contribution is 5.97. The van der Waals surface area contributed by atoms with Crippen LogP contribution in [0.2, 0.25) is 0 Å². The van der Waals surface area contributed by atoms with Crippen LogP contribution in [0.15, 0.2) is 41.6 Å². The largest absolute Gasteiger partial charge is 0.463 e. The zero-order valence-corrected chi connectivity index (χ0v) is 10.9. The lowest BCUT2D eigenvalue weighted by Gasteiger charge is -2.04. The van der Waals surface area contributed by atoms with E-state index in [1.54, 1.807) is 6.20 Å². The van der Waals surface area contributed by atoms with Crippen molar-refractivity contribution in [2.24, 2.45) is 5.10 Å². The predicted molar refractivity (Wildman–Crippen MR) is 73.3 cm³/mol. The van der Waals surface area contributed by atoms with Crippen LogP contribution in [-0.4, -0.2) is 27.5 Å². The average molecular weight is 257 g/mol. The number of hydrogen-bond acceptors (Lipinski definition) is 6. The fourth-order valence-corrected chi connectivity index (χ4v) is 1.37. The minimum Gasteiger partial charge on any atom is -0.463 e. The molecule has 6 heteroatoms. The number of aromatic nitrogens is 3. The summed E-state index contributed by atoms with van der Waals surface area (Å²) in [6, 6.07) is 9.94. The smallest absolute Gasteiger partial charge is 0.336 e. The van der Waals surface area contributed by atoms with Crippen LogP contribution in [-0.2, 0) is 0 Å². The van der Waals surface area contributed by atoms with E-state index in [9.17, 15) is 0 Å². The molecule has 0 unspecified atom stereocenters. The molecule has 0 aliphatic rings. The molecule has 0 atom stereocenters. The molecule has 2 rings (SSSR count). The first-order chi connectivity index (χ1) is 9.29. The van der Waals surface area contributed by atoms with Crippen LogP contribution in [0.5, 0.6) is 6.01 Å². The van der Waals surface area contributed by atoms with Crippen molar-refractivity contribution in [2.45, 2.75) is 13.8 Å². The highest BCUT2D eigenvalue weighted by atomic mass is 16.5. The second-order valence-corrected chi connectivity index (χ2v) is 3.73. The van der Waals surface area contributed by atoms with Crippen molar-refractivity contribution in [3.63, 3.8) is 0 Å². The van der Waals surface area contributed by atoms with Gasteiger partial charge in [0.2, 0.25) is 0 Å². The lowest BCUT2D eigenvalue weighted by molar-refractivity contribution is 0.307. The molecule has 1 aromatic heterocycles. The van der Waals surface area contributed by atoms with Gasteiger partial charge in [-0.1, -0.05) is 23.3 Å². The van der Waals surface area contributed by atoms with Gasteiger partial charge in [0.05, 0.1) is 24.2 Å². The standard InChI is InChI=1S/C13H15N5O/c1-3-19-13-15-12(9-14-18-13)10(2)16-17-11-7-5-4-6-8-11/h4-9,17H,3H2,1-2H3/b16-10-. The number of rotatable bonds is 5. The summed E-state index contributed by atoms with van der Waals surface area (Å²) in [5.74, 6) is 0. The second-order valence-electron chi connectivity index (χ2n) is 3.73. The topological polar surface area (TPSA) is 72.3 Å². The van der Waals surface area contributed by atoms with Crippen LogP contribution in [0.3, 0.4) is 0 Å². The first-order valence-corrected chi connectivity index (χ1v) is 5.98. The van der Waals surface area contributed by atoms with E-state index in [1.807, 2.05) is 44.2 Å². The number of benzene rings is 1. The molecule has 1 aromatic carbocycles. The predicted octanol–water partition coefficient (Wildman–Crippen LogP) is 2.11. The molecule has 6 nitrogen and oxygen atoms in total. The Morgan fingerprint density at radius 3 is 2.84 bits per heavy atom. The summed E-state index contributed by atoms with van der Waals surface area (Å²) in [5, 5.41) is 11.9. The van der Waals surface area contributed by atoms with Gasteiger partial charge in [-0.05, 0) is 26.0 Å². The molecule has 0 bridgehead atoms. The summed E-state index contributed by atoms with van der Waals surface area (Å²) in [6.07, 6.45) is 1.55. The van der Waals surface area contributed by atoms with Crippen molar-refractivity contribution in [2.75, 3.05) is 12.0 Å². The molecule has 0 aliphatic carbocycles. The van der Waals surface area contributed by atoms with Gasteiger partial charge in [-0.3, -0.25) is 5.43 Å². The molecule has 1 N–H and O–H groups in total. The van der Waals surface area contributed by atoms with E-state index in [4.69, 9.17) is 4.74 Å². The van der Waals surface area contributed by atoms with E-state index in [1.165, 1.54) is 0 Å². The van der Waals surface area contributed by atoms with Gasteiger partial charge in [0.15, 0.2) is 0 Å². The summed E-state index contributed by atoms with van der Waals surface area (Å²) >= 11 is 0. The molecule has 0 aliphatic heterocycles. The minimum absolute atomic E-state index is 0.259. The molecule has 0 radical (unpaired) electrons. The molecular weight excluding hydrogens is 242 g/mol. The quantitative estimate of drug-likeness (QED) is 0.656. The number of nitrogens with zero attached hydrogens (tertiary/aromatic N) is 4. The van der Waals surface area contributed by atoms with Crippen LogP contribution < -0.4 is 10.2 Å². The van der Waals surface area contributed by atoms with Crippen molar-refractivity contribution in [1.82, 2.24) is 15.2 Å². The Balaban J connectivity index is 2.10. The van der Waals surface area contributed by atoms with Gasteiger partial charge >= 0.3 is 6.01 Å². The minimum atomic E-state index is 0.259. The molecule has 19 heavy (non-hydrogen) atoms. The number of hydrogen-bond donors (Lipinski definition) is 1. The van der Waals surface area contributed by atoms with Gasteiger partial charge in [-0.15, -0.1) is 0 Å². The SMILES string of the molecule is CCOc1nncc(/C(C)=N\Nc2ccccc2)n1. The molecule has 2 aromatic rings. The normalized spacial score (nSPS) is 11.2. The van der Waals surface area contributed by atoms with Gasteiger partial charge in [-0.25, -0.2) is 0 Å². The van der Waals surface area contributed by atoms with E-state index in [-0.39, 0.29) is 6.01 Å². The average Bonchev–Trinajstić information content (AvgIpc) is 2.46. The number of para-hydroxylation sites is 1. The molecule has 0 amide bonds. The number of hydrazone groups is 1. The Bertz CT molecular complexity index is 556. The summed E-state index contributed by atoms with van der Waals surface area (Å²) in [6.45, 7) is 4.22. The fraction of sp³-hybridized carbons (Fsp3) is 0.231. The second kappa shape index (κ2) is 6.44. The summed E-state index contributed by atoms with van der Waals surface area (Å²) < 4.78 is 5.20. The Labute approximate surface area is 111 Å². The molecule has 98 valence electrons. The van der Waals surface area contributed by atoms with Crippen LogP contribution >= 0.6 is 0 Å². The molecule has 0 saturated heterocycles. The van der Waals surface area contributed by atoms with E-state index < -0.39 is 0 Å². The van der Waals surface area contributed by atoms with Crippen LogP contribution in [0.1, 0.15) is 19.5 Å². The first-order valence-electron chi connectivity index (χ1n) is 5.98. The van der Waals surface area contributed by atoms with Gasteiger partial charge in [-0.2, -0.15) is 15.2 Å². The maximum atomic E-state index is 5.20. The molecule has 0 saturated carbocycles. The number of anilines is 1. The third kappa shape index (κ3) is 3.74. The highest BCUT2D eigenvalue weighted by Gasteiger charge is 2.04. The highest BCUT2D eigenvalue weighted by Crippen LogP contribution is 2.06. The Hall–Kier alpha value is -2.50. The summed E-state index contributed by atoms with van der Waals surface area (Å²) in [7, 11) is 0. The molecule has 1 heterocycles. The van der Waals surface area contributed by atoms with Gasteiger partial charge in [0.25, 0.3) is 0 Å². The van der Waals surface area contributed by atoms with Crippen LogP contribution in [0.4, 0.5) is 5.69 Å². The summed E-state index contributed by atoms with van der Waals surface area (Å²) in [5.41, 5.74) is 5.20. The maximum Gasteiger partial charge on any atom is 0.336 e.